The van der Waals surface area contributed by atoms with Crippen LogP contribution in [0.25, 0.3) is 0 Å². The summed E-state index contributed by atoms with van der Waals surface area (Å²) in [6, 6.07) is 0. The third-order valence-electron chi connectivity index (χ3n) is 23.4. The van der Waals surface area contributed by atoms with Gasteiger partial charge in [-0.15, -0.1) is 0 Å². The number of rotatable bonds is 15. The van der Waals surface area contributed by atoms with Gasteiger partial charge in [0.05, 0.1) is 49.7 Å². The number of carbonyl (C=O) groups excluding carboxylic acids is 2. The standard InChI is InChI=1S/C63H98O27/c1-13-25(3)52(79)89-49-50(90-53(80)26(4)14-2)63(24-65)29(21-58(49,6)7)28-15-16-33-60(10)19-18-34(59(8,9)32(60)17-20-61(33,11)62(28,12)47(75)48(63)76)84-57-46(88-55-41(73)39(71)37(69)31(22-64)83-55)43(42(74)44(86-57)51(77)78)85-56-45(36(68)30(66)23-81-56)87-54-40(72)38(70)35(67)27(5)82-54/h13-15,27,29-50,54-57,64-76H,16-24H2,1-12H3,(H,77,78)/b25-13-,26-14-/t27-,29-,30-,31+,32-,33+,34-,35-,36-,37-,38+,39-,40+,41+,42-,43-,44-,45+,46+,47-,48+,49-,50-,54-,55-,56-,57+,60-,61+,62-,63-/m0/s1. The molecule has 512 valence electrons. The first kappa shape index (κ1) is 71.1. The van der Waals surface area contributed by atoms with Crippen LogP contribution in [0.1, 0.15) is 122 Å². The van der Waals surface area contributed by atoms with Crippen LogP contribution in [0, 0.1) is 50.2 Å². The molecular weight excluding hydrogens is 1190 g/mol. The van der Waals surface area contributed by atoms with Crippen molar-refractivity contribution in [1.82, 2.24) is 0 Å². The first-order valence-electron chi connectivity index (χ1n) is 31.5. The Morgan fingerprint density at radius 2 is 1.20 bits per heavy atom. The van der Waals surface area contributed by atoms with E-state index in [1.807, 2.05) is 34.6 Å². The summed E-state index contributed by atoms with van der Waals surface area (Å²) in [5.41, 5.74) is -4.73. The van der Waals surface area contributed by atoms with Crippen molar-refractivity contribution < 1.29 is 133 Å². The zero-order valence-corrected chi connectivity index (χ0v) is 53.3. The third kappa shape index (κ3) is 11.5. The molecule has 0 aromatic carbocycles. The Bertz CT molecular complexity index is 2700. The second-order valence-corrected chi connectivity index (χ2v) is 28.8. The maximum absolute atomic E-state index is 13.9. The molecule has 4 saturated carbocycles. The van der Waals surface area contributed by atoms with Gasteiger partial charge in [-0.25, -0.2) is 14.4 Å². The van der Waals surface area contributed by atoms with Crippen LogP contribution in [-0.4, -0.2) is 256 Å². The highest BCUT2D eigenvalue weighted by Gasteiger charge is 2.76. The van der Waals surface area contributed by atoms with E-state index in [2.05, 4.69) is 19.9 Å². The minimum absolute atomic E-state index is 0.199. The number of aliphatic hydroxyl groups is 13. The van der Waals surface area contributed by atoms with Gasteiger partial charge < -0.3 is 119 Å². The average molecular weight is 1290 g/mol. The Morgan fingerprint density at radius 3 is 1.79 bits per heavy atom. The third-order valence-corrected chi connectivity index (χ3v) is 23.4. The van der Waals surface area contributed by atoms with Crippen molar-refractivity contribution in [3.63, 3.8) is 0 Å². The smallest absolute Gasteiger partial charge is 0.335 e. The number of fused-ring (bicyclic) bond motifs is 7. The van der Waals surface area contributed by atoms with Crippen LogP contribution in [-0.2, 0) is 61.8 Å². The van der Waals surface area contributed by atoms with E-state index in [1.165, 1.54) is 6.92 Å². The molecule has 0 bridgehead atoms. The molecule has 0 aromatic rings. The first-order valence-corrected chi connectivity index (χ1v) is 31.5. The number of aliphatic hydroxyl groups excluding tert-OH is 13. The van der Waals surface area contributed by atoms with Crippen molar-refractivity contribution in [2.75, 3.05) is 19.8 Å². The fourth-order valence-corrected chi connectivity index (χ4v) is 17.6. The summed E-state index contributed by atoms with van der Waals surface area (Å²) in [5, 5.41) is 158. The molecule has 0 unspecified atom stereocenters. The van der Waals surface area contributed by atoms with Crippen molar-refractivity contribution in [3.05, 3.63) is 34.9 Å². The molecule has 14 N–H and O–H groups in total. The number of hydrogen-bond acceptors (Lipinski definition) is 26. The Labute approximate surface area is 523 Å². The van der Waals surface area contributed by atoms with Gasteiger partial charge in [0.2, 0.25) is 0 Å². The number of ether oxygens (including phenoxy) is 10. The molecule has 90 heavy (non-hydrogen) atoms. The van der Waals surface area contributed by atoms with Gasteiger partial charge in [-0.3, -0.25) is 0 Å². The minimum atomic E-state index is -2.24. The van der Waals surface area contributed by atoms with Crippen LogP contribution >= 0.6 is 0 Å². The lowest BCUT2D eigenvalue weighted by atomic mass is 9.32. The van der Waals surface area contributed by atoms with Crippen LogP contribution in [0.3, 0.4) is 0 Å². The number of carbonyl (C=O) groups is 3. The van der Waals surface area contributed by atoms with E-state index in [9.17, 15) is 85.9 Å². The normalized spacial score (nSPS) is 50.2. The van der Waals surface area contributed by atoms with Crippen molar-refractivity contribution in [2.24, 2.45) is 50.2 Å². The molecular formula is C63H98O27. The number of carboxylic acid groups (broad SMARTS) is 1. The summed E-state index contributed by atoms with van der Waals surface area (Å²) < 4.78 is 61.6. The topological polar surface area (TPSA) is 427 Å². The Kier molecular flexibility index (Phi) is 20.6. The molecule has 5 aliphatic carbocycles. The molecule has 4 heterocycles. The highest BCUT2D eigenvalue weighted by molar-refractivity contribution is 5.89. The highest BCUT2D eigenvalue weighted by Crippen LogP contribution is 2.76. The Hall–Kier alpha value is -3.21. The van der Waals surface area contributed by atoms with Crippen LogP contribution in [0.2, 0.25) is 0 Å². The summed E-state index contributed by atoms with van der Waals surface area (Å²) in [6.07, 6.45) is -34.4. The minimum Gasteiger partial charge on any atom is -0.479 e. The van der Waals surface area contributed by atoms with E-state index in [-0.39, 0.29) is 30.3 Å². The lowest BCUT2D eigenvalue weighted by molar-refractivity contribution is -0.401. The van der Waals surface area contributed by atoms with E-state index < -0.39 is 223 Å². The molecule has 9 aliphatic rings. The monoisotopic (exact) mass is 1290 g/mol. The summed E-state index contributed by atoms with van der Waals surface area (Å²) >= 11 is 0. The van der Waals surface area contributed by atoms with Crippen molar-refractivity contribution in [2.45, 2.75) is 269 Å². The average Bonchev–Trinajstić information content (AvgIpc) is 0.663. The molecule has 9 rings (SSSR count). The van der Waals surface area contributed by atoms with E-state index in [4.69, 9.17) is 47.4 Å². The van der Waals surface area contributed by atoms with Crippen LogP contribution in [0.15, 0.2) is 34.9 Å². The zero-order valence-electron chi connectivity index (χ0n) is 53.3. The predicted octanol–water partition coefficient (Wildman–Crippen LogP) is -0.885. The number of esters is 2. The van der Waals surface area contributed by atoms with Gasteiger partial charge in [-0.2, -0.15) is 0 Å². The fourth-order valence-electron chi connectivity index (χ4n) is 17.6. The molecule has 27 nitrogen and oxygen atoms in total. The zero-order chi connectivity index (χ0) is 66.6. The Balaban J connectivity index is 1.05. The molecule has 0 radical (unpaired) electrons. The van der Waals surface area contributed by atoms with Gasteiger partial charge in [-0.1, -0.05) is 72.3 Å². The number of carboxylic acids is 1. The highest BCUT2D eigenvalue weighted by atomic mass is 16.8. The summed E-state index contributed by atoms with van der Waals surface area (Å²) in [7, 11) is 0. The van der Waals surface area contributed by atoms with Crippen molar-refractivity contribution in [3.8, 4) is 0 Å². The molecule has 0 aromatic heterocycles. The van der Waals surface area contributed by atoms with Crippen molar-refractivity contribution >= 4 is 17.9 Å². The van der Waals surface area contributed by atoms with Gasteiger partial charge in [-0.05, 0) is 107 Å². The van der Waals surface area contributed by atoms with E-state index in [1.54, 1.807) is 39.8 Å². The SMILES string of the molecule is C/C=C(/C)C(=O)O[C@H]1[C@H](OC(=O)/C(C)=C\C)[C@]2(CO)[C@H](O)[C@H](O)[C@]3(C)C(=CC[C@@H]4[C@@]5(C)CC[C@H](O[C@@H]6O[C@H](C(=O)O)[C@@H](O)[C@H](O[C@@H]7OC[C@H](O)[C@H](O)[C@H]7O[C@@H]7O[C@@H](C)[C@H](O)[C@@H](O)[C@H]7O)[C@H]6O[C@@H]6O[C@H](CO)[C@H](O)[C@H](O)[C@H]6O)C(C)(C)[C@@H]5CC[C@]43C)[C@@H]2CC1(C)C. The molecule has 4 saturated heterocycles. The molecule has 27 heteroatoms. The lowest BCUT2D eigenvalue weighted by Gasteiger charge is -2.73. The van der Waals surface area contributed by atoms with Gasteiger partial charge in [0, 0.05) is 22.0 Å². The first-order chi connectivity index (χ1) is 42.0. The summed E-state index contributed by atoms with van der Waals surface area (Å²) in [5.74, 6) is -4.24. The summed E-state index contributed by atoms with van der Waals surface area (Å²) in [4.78, 5) is 40.8. The predicted molar refractivity (Wildman–Crippen MR) is 308 cm³/mol. The molecule has 31 atom stereocenters. The molecule has 8 fully saturated rings. The maximum Gasteiger partial charge on any atom is 0.335 e. The van der Waals surface area contributed by atoms with E-state index in [0.717, 1.165) is 5.57 Å². The second kappa shape index (κ2) is 26.1. The van der Waals surface area contributed by atoms with Gasteiger partial charge in [0.15, 0.2) is 37.4 Å². The lowest BCUT2D eigenvalue weighted by Crippen LogP contribution is -2.76. The Morgan fingerprint density at radius 1 is 0.622 bits per heavy atom. The van der Waals surface area contributed by atoms with Crippen LogP contribution in [0.4, 0.5) is 0 Å². The number of aliphatic carboxylic acids is 1. The second-order valence-electron chi connectivity index (χ2n) is 28.8. The maximum atomic E-state index is 13.9. The van der Waals surface area contributed by atoms with E-state index in [0.29, 0.717) is 31.3 Å². The molecule has 4 aliphatic heterocycles. The summed E-state index contributed by atoms with van der Waals surface area (Å²) in [6.45, 7) is 19.7. The quantitative estimate of drug-likeness (QED) is 0.0409. The molecule has 0 spiro atoms. The van der Waals surface area contributed by atoms with Gasteiger partial charge in [0.25, 0.3) is 0 Å². The van der Waals surface area contributed by atoms with E-state index >= 15 is 0 Å². The van der Waals surface area contributed by atoms with Gasteiger partial charge in [0.1, 0.15) is 85.5 Å². The molecule has 0 amide bonds. The van der Waals surface area contributed by atoms with Crippen LogP contribution < -0.4 is 0 Å². The largest absolute Gasteiger partial charge is 0.479 e. The number of hydrogen-bond donors (Lipinski definition) is 14. The van der Waals surface area contributed by atoms with Crippen molar-refractivity contribution in [1.29, 1.82) is 0 Å². The van der Waals surface area contributed by atoms with Crippen LogP contribution in [0.5, 0.6) is 0 Å². The van der Waals surface area contributed by atoms with Gasteiger partial charge >= 0.3 is 17.9 Å². The fraction of sp³-hybridized carbons (Fsp3) is 0.857. The number of allylic oxidation sites excluding steroid dienone is 3.